The van der Waals surface area contributed by atoms with Crippen LogP contribution in [0.25, 0.3) is 0 Å². The summed E-state index contributed by atoms with van der Waals surface area (Å²) < 4.78 is 0. The molecule has 0 aliphatic heterocycles. The molecule has 17 heavy (non-hydrogen) atoms. The van der Waals surface area contributed by atoms with Crippen molar-refractivity contribution in [1.82, 2.24) is 0 Å². The third-order valence-corrected chi connectivity index (χ3v) is 3.61. The van der Waals surface area contributed by atoms with E-state index < -0.39 is 5.92 Å². The molecule has 0 saturated carbocycles. The number of rotatable bonds is 3. The zero-order chi connectivity index (χ0) is 13.3. The quantitative estimate of drug-likeness (QED) is 0.591. The maximum absolute atomic E-state index is 12.3. The number of Topliss-reactive ketones (excluding diaryl/α,β-unsaturated/α-hetero) is 2. The van der Waals surface area contributed by atoms with Crippen molar-refractivity contribution in [3.63, 3.8) is 0 Å². The molecule has 2 nitrogen and oxygen atoms in total. The molecule has 0 bridgehead atoms. The number of aryl methyl sites for hydroxylation is 2. The first-order chi connectivity index (χ1) is 7.77. The molecule has 0 radical (unpaired) electrons. The minimum absolute atomic E-state index is 0.0596. The molecule has 0 aromatic heterocycles. The van der Waals surface area contributed by atoms with Gasteiger partial charge in [-0.3, -0.25) is 9.59 Å². The summed E-state index contributed by atoms with van der Waals surface area (Å²) >= 11 is 0. The maximum Gasteiger partial charge on any atom is 0.173 e. The van der Waals surface area contributed by atoms with Crippen LogP contribution >= 0.6 is 0 Å². The van der Waals surface area contributed by atoms with Gasteiger partial charge in [-0.05, 0) is 63.8 Å². The van der Waals surface area contributed by atoms with Gasteiger partial charge in [0.05, 0.1) is 5.92 Å². The molecular weight excluding hydrogens is 212 g/mol. The summed E-state index contributed by atoms with van der Waals surface area (Å²) in [4.78, 5) is 23.6. The molecule has 1 aromatic carbocycles. The van der Waals surface area contributed by atoms with Crippen LogP contribution in [0.2, 0.25) is 0 Å². The first kappa shape index (κ1) is 13.6. The molecule has 0 amide bonds. The van der Waals surface area contributed by atoms with Crippen molar-refractivity contribution in [2.24, 2.45) is 5.92 Å². The molecule has 2 heteroatoms. The van der Waals surface area contributed by atoms with Gasteiger partial charge in [-0.2, -0.15) is 0 Å². The van der Waals surface area contributed by atoms with Crippen LogP contribution < -0.4 is 0 Å². The molecular formula is C15H20O2. The minimum atomic E-state index is -0.547. The van der Waals surface area contributed by atoms with Crippen LogP contribution in [0.5, 0.6) is 0 Å². The summed E-state index contributed by atoms with van der Waals surface area (Å²) in [6.07, 6.45) is 0. The molecule has 0 N–H and O–H groups in total. The molecule has 0 heterocycles. The molecule has 0 aliphatic carbocycles. The van der Waals surface area contributed by atoms with Crippen LogP contribution in [-0.2, 0) is 4.79 Å². The SMILES string of the molecule is CC(=O)C(C)C(=O)c1c(C)cc(C)c(C)c1C. The largest absolute Gasteiger partial charge is 0.299 e. The Kier molecular flexibility index (Phi) is 3.87. The van der Waals surface area contributed by atoms with Gasteiger partial charge in [-0.25, -0.2) is 0 Å². The first-order valence-electron chi connectivity index (χ1n) is 5.89. The third kappa shape index (κ3) is 2.46. The van der Waals surface area contributed by atoms with E-state index in [0.717, 1.165) is 22.3 Å². The van der Waals surface area contributed by atoms with Crippen molar-refractivity contribution < 1.29 is 9.59 Å². The van der Waals surface area contributed by atoms with Gasteiger partial charge in [0.15, 0.2) is 5.78 Å². The van der Waals surface area contributed by atoms with Crippen LogP contribution in [0, 0.1) is 33.6 Å². The number of hydrogen-bond acceptors (Lipinski definition) is 2. The van der Waals surface area contributed by atoms with Crippen molar-refractivity contribution >= 4 is 11.6 Å². The zero-order valence-corrected chi connectivity index (χ0v) is 11.5. The van der Waals surface area contributed by atoms with E-state index in [9.17, 15) is 9.59 Å². The fourth-order valence-corrected chi connectivity index (χ4v) is 2.06. The van der Waals surface area contributed by atoms with E-state index in [2.05, 4.69) is 0 Å². The van der Waals surface area contributed by atoms with Crippen molar-refractivity contribution in [1.29, 1.82) is 0 Å². The number of ketones is 2. The van der Waals surface area contributed by atoms with Crippen LogP contribution in [0.3, 0.4) is 0 Å². The van der Waals surface area contributed by atoms with Gasteiger partial charge in [0.1, 0.15) is 5.78 Å². The molecule has 0 aliphatic rings. The average molecular weight is 232 g/mol. The molecule has 1 rings (SSSR count). The Morgan fingerprint density at radius 2 is 1.53 bits per heavy atom. The Balaban J connectivity index is 3.37. The topological polar surface area (TPSA) is 34.1 Å². The van der Waals surface area contributed by atoms with Gasteiger partial charge in [-0.15, -0.1) is 0 Å². The van der Waals surface area contributed by atoms with Crippen LogP contribution in [0.1, 0.15) is 46.5 Å². The van der Waals surface area contributed by atoms with Crippen molar-refractivity contribution in [3.05, 3.63) is 33.9 Å². The first-order valence-corrected chi connectivity index (χ1v) is 5.89. The van der Waals surface area contributed by atoms with Gasteiger partial charge in [0.2, 0.25) is 0 Å². The normalized spacial score (nSPS) is 12.4. The Labute approximate surface area is 103 Å². The second-order valence-electron chi connectivity index (χ2n) is 4.83. The lowest BCUT2D eigenvalue weighted by molar-refractivity contribution is -0.118. The van der Waals surface area contributed by atoms with Gasteiger partial charge in [0.25, 0.3) is 0 Å². The average Bonchev–Trinajstić information content (AvgIpc) is 2.24. The van der Waals surface area contributed by atoms with Crippen LogP contribution in [-0.4, -0.2) is 11.6 Å². The van der Waals surface area contributed by atoms with Gasteiger partial charge >= 0.3 is 0 Å². The van der Waals surface area contributed by atoms with E-state index in [4.69, 9.17) is 0 Å². The monoisotopic (exact) mass is 232 g/mol. The Morgan fingerprint density at radius 1 is 1.00 bits per heavy atom. The Morgan fingerprint density at radius 3 is 2.00 bits per heavy atom. The predicted molar refractivity (Wildman–Crippen MR) is 69.6 cm³/mol. The summed E-state index contributed by atoms with van der Waals surface area (Å²) in [6, 6.07) is 2.02. The van der Waals surface area contributed by atoms with Gasteiger partial charge < -0.3 is 0 Å². The number of carbonyl (C=O) groups is 2. The summed E-state index contributed by atoms with van der Waals surface area (Å²) in [6.45, 7) is 11.1. The lowest BCUT2D eigenvalue weighted by Crippen LogP contribution is -2.21. The highest BCUT2D eigenvalue weighted by Gasteiger charge is 2.23. The van der Waals surface area contributed by atoms with Crippen molar-refractivity contribution in [3.8, 4) is 0 Å². The lowest BCUT2D eigenvalue weighted by Gasteiger charge is -2.16. The van der Waals surface area contributed by atoms with E-state index in [1.807, 2.05) is 33.8 Å². The highest BCUT2D eigenvalue weighted by molar-refractivity contribution is 6.11. The Hall–Kier alpha value is -1.44. The highest BCUT2D eigenvalue weighted by atomic mass is 16.1. The van der Waals surface area contributed by atoms with Crippen molar-refractivity contribution in [2.45, 2.75) is 41.5 Å². The summed E-state index contributed by atoms with van der Waals surface area (Å²) in [5.74, 6) is -0.683. The number of hydrogen-bond donors (Lipinski definition) is 0. The lowest BCUT2D eigenvalue weighted by atomic mass is 9.87. The molecule has 92 valence electrons. The molecule has 1 aromatic rings. The molecule has 0 saturated heterocycles. The van der Waals surface area contributed by atoms with E-state index in [-0.39, 0.29) is 11.6 Å². The van der Waals surface area contributed by atoms with Crippen LogP contribution in [0.4, 0.5) is 0 Å². The fourth-order valence-electron chi connectivity index (χ4n) is 2.06. The third-order valence-electron chi connectivity index (χ3n) is 3.61. The van der Waals surface area contributed by atoms with Crippen molar-refractivity contribution in [2.75, 3.05) is 0 Å². The summed E-state index contributed by atoms with van der Waals surface area (Å²) in [7, 11) is 0. The summed E-state index contributed by atoms with van der Waals surface area (Å²) in [5, 5.41) is 0. The Bertz CT molecular complexity index is 484. The van der Waals surface area contributed by atoms with E-state index >= 15 is 0 Å². The predicted octanol–water partition coefficient (Wildman–Crippen LogP) is 3.33. The van der Waals surface area contributed by atoms with E-state index in [0.29, 0.717) is 0 Å². The second-order valence-corrected chi connectivity index (χ2v) is 4.83. The number of benzene rings is 1. The molecule has 1 atom stereocenters. The standard InChI is InChI=1S/C15H20O2/c1-8-7-9(2)14(11(4)10(8)3)15(17)12(5)13(6)16/h7,12H,1-6H3. The van der Waals surface area contributed by atoms with Gasteiger partial charge in [0, 0.05) is 5.56 Å². The maximum atomic E-state index is 12.3. The fraction of sp³-hybridized carbons (Fsp3) is 0.467. The van der Waals surface area contributed by atoms with Gasteiger partial charge in [-0.1, -0.05) is 6.07 Å². The molecule has 0 spiro atoms. The van der Waals surface area contributed by atoms with E-state index in [1.54, 1.807) is 6.92 Å². The highest BCUT2D eigenvalue weighted by Crippen LogP contribution is 2.24. The smallest absolute Gasteiger partial charge is 0.173 e. The van der Waals surface area contributed by atoms with Crippen LogP contribution in [0.15, 0.2) is 6.07 Å². The molecule has 0 fully saturated rings. The summed E-state index contributed by atoms with van der Waals surface area (Å²) in [5.41, 5.74) is 5.00. The second kappa shape index (κ2) is 4.82. The number of carbonyl (C=O) groups excluding carboxylic acids is 2. The molecule has 1 unspecified atom stereocenters. The minimum Gasteiger partial charge on any atom is -0.299 e. The van der Waals surface area contributed by atoms with E-state index in [1.165, 1.54) is 12.5 Å². The zero-order valence-electron chi connectivity index (χ0n) is 11.5.